The van der Waals surface area contributed by atoms with Gasteiger partial charge in [-0.25, -0.2) is 0 Å². The predicted octanol–water partition coefficient (Wildman–Crippen LogP) is 4.42. The first-order chi connectivity index (χ1) is 13.5. The molecule has 0 radical (unpaired) electrons. The van der Waals surface area contributed by atoms with Crippen molar-refractivity contribution in [2.75, 3.05) is 17.7 Å². The van der Waals surface area contributed by atoms with Crippen molar-refractivity contribution < 1.29 is 9.53 Å². The van der Waals surface area contributed by atoms with Crippen molar-refractivity contribution >= 4 is 34.3 Å². The highest BCUT2D eigenvalue weighted by molar-refractivity contribution is 7.99. The van der Waals surface area contributed by atoms with E-state index >= 15 is 0 Å². The Morgan fingerprint density at radius 1 is 1.14 bits per heavy atom. The number of benzene rings is 2. The summed E-state index contributed by atoms with van der Waals surface area (Å²) >= 11 is 1.46. The van der Waals surface area contributed by atoms with Crippen LogP contribution in [0.25, 0.3) is 10.9 Å². The molecule has 0 spiro atoms. The Labute approximate surface area is 168 Å². The average Bonchev–Trinajstić information content (AvgIpc) is 2.62. The predicted molar refractivity (Wildman–Crippen MR) is 116 cm³/mol. The van der Waals surface area contributed by atoms with Crippen LogP contribution in [0.4, 0.5) is 5.69 Å². The van der Waals surface area contributed by atoms with Crippen LogP contribution in [0, 0.1) is 13.8 Å². The molecule has 0 saturated heterocycles. The summed E-state index contributed by atoms with van der Waals surface area (Å²) < 4.78 is 5.39. The number of aryl methyl sites for hydroxylation is 2. The van der Waals surface area contributed by atoms with Crippen LogP contribution in [0.2, 0.25) is 0 Å². The Hall–Kier alpha value is -2.73. The van der Waals surface area contributed by atoms with E-state index < -0.39 is 0 Å². The van der Waals surface area contributed by atoms with Crippen LogP contribution in [0.15, 0.2) is 47.3 Å². The summed E-state index contributed by atoms with van der Waals surface area (Å²) in [5.74, 6) is 1.57. The van der Waals surface area contributed by atoms with Gasteiger partial charge in [0.15, 0.2) is 5.43 Å². The maximum Gasteiger partial charge on any atom is 0.234 e. The molecule has 0 aliphatic rings. The lowest BCUT2D eigenvalue weighted by atomic mass is 10.1. The number of aromatic amines is 1. The molecular weight excluding hydrogens is 372 g/mol. The number of nitrogens with one attached hydrogen (secondary N) is 2. The normalized spacial score (nSPS) is 10.8. The first-order valence-corrected chi connectivity index (χ1v) is 10.4. The third kappa shape index (κ3) is 4.95. The van der Waals surface area contributed by atoms with Gasteiger partial charge in [0.05, 0.1) is 17.9 Å². The second-order valence-electron chi connectivity index (χ2n) is 6.66. The van der Waals surface area contributed by atoms with Gasteiger partial charge in [0, 0.05) is 28.6 Å². The molecule has 3 rings (SSSR count). The van der Waals surface area contributed by atoms with Crippen molar-refractivity contribution in [1.82, 2.24) is 4.98 Å². The third-order valence-electron chi connectivity index (χ3n) is 4.27. The largest absolute Gasteiger partial charge is 0.494 e. The number of ether oxygens (including phenoxy) is 1. The summed E-state index contributed by atoms with van der Waals surface area (Å²) in [6, 6.07) is 12.9. The second kappa shape index (κ2) is 8.97. The molecule has 3 aromatic rings. The molecule has 5 nitrogen and oxygen atoms in total. The molecule has 2 N–H and O–H groups in total. The molecule has 0 bridgehead atoms. The fourth-order valence-corrected chi connectivity index (χ4v) is 3.90. The monoisotopic (exact) mass is 396 g/mol. The molecule has 0 unspecified atom stereocenters. The van der Waals surface area contributed by atoms with E-state index in [1.54, 1.807) is 6.07 Å². The Bertz CT molecular complexity index is 1040. The fraction of sp³-hybridized carbons (Fsp3) is 0.273. The van der Waals surface area contributed by atoms with Crippen LogP contribution in [0.3, 0.4) is 0 Å². The van der Waals surface area contributed by atoms with E-state index in [1.165, 1.54) is 11.8 Å². The number of hydrogen-bond acceptors (Lipinski definition) is 4. The molecule has 1 heterocycles. The quantitative estimate of drug-likeness (QED) is 0.620. The SMILES string of the molecule is CCOc1ccc(NC(=O)CSCc2cc(=O)c3c(C)cc(C)cc3[nH]2)cc1. The molecule has 1 aromatic heterocycles. The van der Waals surface area contributed by atoms with Crippen LogP contribution >= 0.6 is 11.8 Å². The Kier molecular flexibility index (Phi) is 6.41. The summed E-state index contributed by atoms with van der Waals surface area (Å²) in [7, 11) is 0. The average molecular weight is 397 g/mol. The lowest BCUT2D eigenvalue weighted by Gasteiger charge is -2.09. The number of hydrogen-bond donors (Lipinski definition) is 2. The number of H-pyrrole nitrogens is 1. The molecule has 28 heavy (non-hydrogen) atoms. The number of carbonyl (C=O) groups excluding carboxylic acids is 1. The van der Waals surface area contributed by atoms with E-state index in [9.17, 15) is 9.59 Å². The summed E-state index contributed by atoms with van der Waals surface area (Å²) in [4.78, 5) is 27.9. The number of pyridine rings is 1. The molecule has 0 aliphatic carbocycles. The maximum atomic E-state index is 12.4. The fourth-order valence-electron chi connectivity index (χ4n) is 3.16. The number of rotatable bonds is 7. The molecular formula is C22H24N2O3S. The van der Waals surface area contributed by atoms with Gasteiger partial charge in [0.2, 0.25) is 5.91 Å². The number of amides is 1. The molecule has 6 heteroatoms. The van der Waals surface area contributed by atoms with Gasteiger partial charge in [-0.3, -0.25) is 9.59 Å². The van der Waals surface area contributed by atoms with Crippen LogP contribution in [-0.2, 0) is 10.5 Å². The van der Waals surface area contributed by atoms with Gasteiger partial charge in [-0.1, -0.05) is 6.07 Å². The van der Waals surface area contributed by atoms with E-state index in [0.717, 1.165) is 39.2 Å². The minimum Gasteiger partial charge on any atom is -0.494 e. The van der Waals surface area contributed by atoms with Crippen molar-refractivity contribution in [2.24, 2.45) is 0 Å². The highest BCUT2D eigenvalue weighted by atomic mass is 32.2. The van der Waals surface area contributed by atoms with Crippen LogP contribution < -0.4 is 15.5 Å². The summed E-state index contributed by atoms with van der Waals surface area (Å²) in [6.07, 6.45) is 0. The summed E-state index contributed by atoms with van der Waals surface area (Å²) in [6.45, 7) is 6.50. The van der Waals surface area contributed by atoms with Crippen LogP contribution in [0.1, 0.15) is 23.7 Å². The van der Waals surface area contributed by atoms with E-state index in [1.807, 2.05) is 57.2 Å². The second-order valence-corrected chi connectivity index (χ2v) is 7.65. The van der Waals surface area contributed by atoms with Gasteiger partial charge in [-0.15, -0.1) is 11.8 Å². The zero-order chi connectivity index (χ0) is 20.1. The molecule has 0 fully saturated rings. The molecule has 0 aliphatic heterocycles. The Morgan fingerprint density at radius 2 is 1.89 bits per heavy atom. The van der Waals surface area contributed by atoms with Gasteiger partial charge in [0.25, 0.3) is 0 Å². The molecule has 0 saturated carbocycles. The highest BCUT2D eigenvalue weighted by Crippen LogP contribution is 2.19. The zero-order valence-corrected chi connectivity index (χ0v) is 17.1. The lowest BCUT2D eigenvalue weighted by molar-refractivity contribution is -0.113. The van der Waals surface area contributed by atoms with Crippen molar-refractivity contribution in [3.63, 3.8) is 0 Å². The van der Waals surface area contributed by atoms with Gasteiger partial charge in [-0.05, 0) is 62.2 Å². The standard InChI is InChI=1S/C22H24N2O3S/c1-4-27-18-7-5-16(6-8-18)24-21(26)13-28-12-17-11-20(25)22-15(3)9-14(2)10-19(22)23-17/h5-11H,4,12-13H2,1-3H3,(H,23,25)(H,24,26). The molecule has 2 aromatic carbocycles. The van der Waals surface area contributed by atoms with E-state index in [2.05, 4.69) is 10.3 Å². The smallest absolute Gasteiger partial charge is 0.234 e. The first kappa shape index (κ1) is 20.0. The van der Waals surface area contributed by atoms with Crippen molar-refractivity contribution in [3.05, 3.63) is 69.5 Å². The van der Waals surface area contributed by atoms with Crippen molar-refractivity contribution in [1.29, 1.82) is 0 Å². The maximum absolute atomic E-state index is 12.4. The number of aromatic nitrogens is 1. The number of anilines is 1. The van der Waals surface area contributed by atoms with Gasteiger partial charge in [-0.2, -0.15) is 0 Å². The minimum absolute atomic E-state index is 0.0145. The number of thioether (sulfide) groups is 1. The number of fused-ring (bicyclic) bond motifs is 1. The van der Waals surface area contributed by atoms with E-state index in [-0.39, 0.29) is 11.3 Å². The Balaban J connectivity index is 1.58. The van der Waals surface area contributed by atoms with Crippen LogP contribution in [0.5, 0.6) is 5.75 Å². The van der Waals surface area contributed by atoms with Crippen molar-refractivity contribution in [2.45, 2.75) is 26.5 Å². The van der Waals surface area contributed by atoms with Crippen molar-refractivity contribution in [3.8, 4) is 5.75 Å². The van der Waals surface area contributed by atoms with E-state index in [4.69, 9.17) is 4.74 Å². The number of carbonyl (C=O) groups is 1. The van der Waals surface area contributed by atoms with Gasteiger partial charge in [0.1, 0.15) is 5.75 Å². The zero-order valence-electron chi connectivity index (χ0n) is 16.3. The van der Waals surface area contributed by atoms with Gasteiger partial charge >= 0.3 is 0 Å². The van der Waals surface area contributed by atoms with Crippen LogP contribution in [-0.4, -0.2) is 23.3 Å². The Morgan fingerprint density at radius 3 is 2.61 bits per heavy atom. The molecule has 1 amide bonds. The summed E-state index contributed by atoms with van der Waals surface area (Å²) in [5, 5.41) is 3.60. The summed E-state index contributed by atoms with van der Waals surface area (Å²) in [5.41, 5.74) is 4.51. The topological polar surface area (TPSA) is 71.2 Å². The van der Waals surface area contributed by atoms with E-state index in [0.29, 0.717) is 18.1 Å². The lowest BCUT2D eigenvalue weighted by Crippen LogP contribution is -2.14. The highest BCUT2D eigenvalue weighted by Gasteiger charge is 2.08. The minimum atomic E-state index is -0.0796. The molecule has 146 valence electrons. The molecule has 0 atom stereocenters. The van der Waals surface area contributed by atoms with Gasteiger partial charge < -0.3 is 15.0 Å². The first-order valence-electron chi connectivity index (χ1n) is 9.20. The third-order valence-corrected chi connectivity index (χ3v) is 5.25.